The lowest BCUT2D eigenvalue weighted by Crippen LogP contribution is -2.13. The highest BCUT2D eigenvalue weighted by atomic mass is 79.9. The summed E-state index contributed by atoms with van der Waals surface area (Å²) in [5.41, 5.74) is 0.990. The van der Waals surface area contributed by atoms with E-state index in [2.05, 4.69) is 54.8 Å². The molecule has 2 heterocycles. The van der Waals surface area contributed by atoms with Gasteiger partial charge < -0.3 is 9.88 Å². The quantitative estimate of drug-likeness (QED) is 0.919. The van der Waals surface area contributed by atoms with E-state index in [0.29, 0.717) is 5.92 Å². The van der Waals surface area contributed by atoms with Crippen LogP contribution in [-0.4, -0.2) is 26.3 Å². The molecule has 0 radical (unpaired) electrons. The van der Waals surface area contributed by atoms with Crippen LogP contribution in [0.1, 0.15) is 31.3 Å². The molecule has 1 N–H and O–H groups in total. The number of aryl methyl sites for hydroxylation is 1. The molecular formula is C13H18BrN5. The van der Waals surface area contributed by atoms with Crippen LogP contribution in [0.15, 0.2) is 22.9 Å². The molecule has 0 aliphatic rings. The maximum atomic E-state index is 4.43. The topological polar surface area (TPSA) is 55.6 Å². The SMILES string of the molecule is Cc1cc(Br)cc(NCCn2cnnc2C(C)C)n1. The predicted molar refractivity (Wildman–Crippen MR) is 79.3 cm³/mol. The first-order chi connectivity index (χ1) is 9.06. The van der Waals surface area contributed by atoms with E-state index in [4.69, 9.17) is 0 Å². The van der Waals surface area contributed by atoms with Crippen molar-refractivity contribution < 1.29 is 0 Å². The van der Waals surface area contributed by atoms with Crippen LogP contribution in [0.2, 0.25) is 0 Å². The number of rotatable bonds is 5. The second-order valence-corrected chi connectivity index (χ2v) is 5.69. The van der Waals surface area contributed by atoms with Crippen molar-refractivity contribution in [2.45, 2.75) is 33.2 Å². The van der Waals surface area contributed by atoms with Crippen LogP contribution in [0.25, 0.3) is 0 Å². The fourth-order valence-electron chi connectivity index (χ4n) is 1.90. The lowest BCUT2D eigenvalue weighted by molar-refractivity contribution is 0.636. The van der Waals surface area contributed by atoms with Crippen LogP contribution in [0.3, 0.4) is 0 Å². The number of anilines is 1. The van der Waals surface area contributed by atoms with E-state index in [0.717, 1.165) is 34.9 Å². The summed E-state index contributed by atoms with van der Waals surface area (Å²) in [6, 6.07) is 3.96. The molecule has 0 aliphatic heterocycles. The number of halogens is 1. The van der Waals surface area contributed by atoms with Gasteiger partial charge in [0.05, 0.1) is 0 Å². The second-order valence-electron chi connectivity index (χ2n) is 4.78. The Balaban J connectivity index is 1.94. The van der Waals surface area contributed by atoms with Crippen molar-refractivity contribution in [3.8, 4) is 0 Å². The van der Waals surface area contributed by atoms with Crippen LogP contribution in [0.4, 0.5) is 5.82 Å². The average molecular weight is 324 g/mol. The molecular weight excluding hydrogens is 306 g/mol. The molecule has 5 nitrogen and oxygen atoms in total. The van der Waals surface area contributed by atoms with Crippen molar-refractivity contribution in [2.24, 2.45) is 0 Å². The Morgan fingerprint density at radius 3 is 2.84 bits per heavy atom. The van der Waals surface area contributed by atoms with E-state index >= 15 is 0 Å². The second kappa shape index (κ2) is 6.14. The zero-order valence-corrected chi connectivity index (χ0v) is 13.0. The van der Waals surface area contributed by atoms with E-state index < -0.39 is 0 Å². The van der Waals surface area contributed by atoms with Gasteiger partial charge >= 0.3 is 0 Å². The number of hydrogen-bond acceptors (Lipinski definition) is 4. The molecule has 0 atom stereocenters. The van der Waals surface area contributed by atoms with Crippen molar-refractivity contribution in [1.82, 2.24) is 19.7 Å². The maximum absolute atomic E-state index is 4.43. The molecule has 2 aromatic rings. The normalized spacial score (nSPS) is 11.0. The Kier molecular flexibility index (Phi) is 4.52. The van der Waals surface area contributed by atoms with Crippen LogP contribution in [0.5, 0.6) is 0 Å². The van der Waals surface area contributed by atoms with Gasteiger partial charge in [0.25, 0.3) is 0 Å². The molecule has 0 spiro atoms. The fourth-order valence-corrected chi connectivity index (χ4v) is 2.45. The molecule has 0 fully saturated rings. The lowest BCUT2D eigenvalue weighted by atomic mass is 10.2. The molecule has 0 aliphatic carbocycles. The third kappa shape index (κ3) is 3.76. The van der Waals surface area contributed by atoms with Gasteiger partial charge in [-0.1, -0.05) is 29.8 Å². The van der Waals surface area contributed by atoms with E-state index in [-0.39, 0.29) is 0 Å². The summed E-state index contributed by atoms with van der Waals surface area (Å²) in [4.78, 5) is 4.43. The highest BCUT2D eigenvalue weighted by Gasteiger charge is 2.07. The summed E-state index contributed by atoms with van der Waals surface area (Å²) in [5.74, 6) is 2.28. The smallest absolute Gasteiger partial charge is 0.135 e. The van der Waals surface area contributed by atoms with Crippen LogP contribution in [0, 0.1) is 6.92 Å². The third-order valence-electron chi connectivity index (χ3n) is 2.74. The summed E-state index contributed by atoms with van der Waals surface area (Å²) in [5, 5.41) is 11.4. The zero-order chi connectivity index (χ0) is 13.8. The zero-order valence-electron chi connectivity index (χ0n) is 11.4. The van der Waals surface area contributed by atoms with Crippen LogP contribution in [-0.2, 0) is 6.54 Å². The first-order valence-electron chi connectivity index (χ1n) is 6.32. The number of nitrogens with one attached hydrogen (secondary N) is 1. The Morgan fingerprint density at radius 1 is 1.37 bits per heavy atom. The molecule has 2 aromatic heterocycles. The Bertz CT molecular complexity index is 529. The lowest BCUT2D eigenvalue weighted by Gasteiger charge is -2.10. The maximum Gasteiger partial charge on any atom is 0.135 e. The summed E-state index contributed by atoms with van der Waals surface area (Å²) in [7, 11) is 0. The van der Waals surface area contributed by atoms with Crippen LogP contribution < -0.4 is 5.32 Å². The Hall–Kier alpha value is -1.43. The molecule has 0 saturated carbocycles. The van der Waals surface area contributed by atoms with Crippen molar-refractivity contribution >= 4 is 21.7 Å². The molecule has 0 unspecified atom stereocenters. The summed E-state index contributed by atoms with van der Waals surface area (Å²) in [6.45, 7) is 7.83. The summed E-state index contributed by atoms with van der Waals surface area (Å²) >= 11 is 3.47. The van der Waals surface area contributed by atoms with Gasteiger partial charge in [-0.2, -0.15) is 0 Å². The van der Waals surface area contributed by atoms with Gasteiger partial charge in [0.15, 0.2) is 0 Å². The Morgan fingerprint density at radius 2 is 2.16 bits per heavy atom. The minimum absolute atomic E-state index is 0.383. The third-order valence-corrected chi connectivity index (χ3v) is 3.20. The molecule has 0 bridgehead atoms. The van der Waals surface area contributed by atoms with Crippen molar-refractivity contribution in [1.29, 1.82) is 0 Å². The monoisotopic (exact) mass is 323 g/mol. The largest absolute Gasteiger partial charge is 0.368 e. The van der Waals surface area contributed by atoms with E-state index in [1.165, 1.54) is 0 Å². The number of nitrogens with zero attached hydrogens (tertiary/aromatic N) is 4. The van der Waals surface area contributed by atoms with Crippen molar-refractivity contribution in [3.05, 3.63) is 34.5 Å². The number of aromatic nitrogens is 4. The van der Waals surface area contributed by atoms with E-state index in [9.17, 15) is 0 Å². The standard InChI is InChI=1S/C13H18BrN5/c1-9(2)13-18-16-8-19(13)5-4-15-12-7-11(14)6-10(3)17-12/h6-9H,4-5H2,1-3H3,(H,15,17). The van der Waals surface area contributed by atoms with Gasteiger partial charge in [0.2, 0.25) is 0 Å². The minimum atomic E-state index is 0.383. The Labute approximate surface area is 121 Å². The predicted octanol–water partition coefficient (Wildman–Crippen LogP) is 2.98. The van der Waals surface area contributed by atoms with Gasteiger partial charge in [0, 0.05) is 29.2 Å². The minimum Gasteiger partial charge on any atom is -0.368 e. The first kappa shape index (κ1) is 14.0. The summed E-state index contributed by atoms with van der Waals surface area (Å²) < 4.78 is 3.11. The molecule has 19 heavy (non-hydrogen) atoms. The molecule has 0 amide bonds. The van der Waals surface area contributed by atoms with E-state index in [1.54, 1.807) is 6.33 Å². The number of pyridine rings is 1. The van der Waals surface area contributed by atoms with Gasteiger partial charge in [0.1, 0.15) is 18.0 Å². The van der Waals surface area contributed by atoms with E-state index in [1.807, 2.05) is 19.1 Å². The van der Waals surface area contributed by atoms with Gasteiger partial charge in [-0.25, -0.2) is 4.98 Å². The summed E-state index contributed by atoms with van der Waals surface area (Å²) in [6.07, 6.45) is 1.77. The van der Waals surface area contributed by atoms with Crippen molar-refractivity contribution in [2.75, 3.05) is 11.9 Å². The number of hydrogen-bond donors (Lipinski definition) is 1. The van der Waals surface area contributed by atoms with Gasteiger partial charge in [-0.3, -0.25) is 0 Å². The molecule has 102 valence electrons. The van der Waals surface area contributed by atoms with Crippen LogP contribution >= 0.6 is 15.9 Å². The first-order valence-corrected chi connectivity index (χ1v) is 7.11. The highest BCUT2D eigenvalue weighted by molar-refractivity contribution is 9.10. The molecule has 0 aromatic carbocycles. The molecule has 0 saturated heterocycles. The fraction of sp³-hybridized carbons (Fsp3) is 0.462. The average Bonchev–Trinajstić information content (AvgIpc) is 2.76. The molecule has 6 heteroatoms. The van der Waals surface area contributed by atoms with Gasteiger partial charge in [-0.15, -0.1) is 10.2 Å². The highest BCUT2D eigenvalue weighted by Crippen LogP contribution is 2.15. The molecule has 2 rings (SSSR count). The van der Waals surface area contributed by atoms with Crippen molar-refractivity contribution in [3.63, 3.8) is 0 Å². The van der Waals surface area contributed by atoms with Gasteiger partial charge in [-0.05, 0) is 19.1 Å².